The molecule has 7 heteroatoms. The Morgan fingerprint density at radius 1 is 1.53 bits per heavy atom. The van der Waals surface area contributed by atoms with Crippen molar-refractivity contribution in [3.63, 3.8) is 0 Å². The number of aliphatic carboxylic acids is 1. The van der Waals surface area contributed by atoms with Gasteiger partial charge >= 0.3 is 5.97 Å². The maximum Gasteiger partial charge on any atom is 0.305 e. The first kappa shape index (κ1) is 11.3. The molecule has 0 radical (unpaired) electrons. The molecule has 0 aliphatic heterocycles. The highest BCUT2D eigenvalue weighted by Crippen LogP contribution is 2.24. The van der Waals surface area contributed by atoms with Crippen molar-refractivity contribution in [2.24, 2.45) is 0 Å². The maximum atomic E-state index is 10.5. The molecule has 2 aromatic heterocycles. The number of carboxylic acid groups (broad SMARTS) is 1. The first-order chi connectivity index (χ1) is 8.09. The molecule has 0 fully saturated rings. The van der Waals surface area contributed by atoms with E-state index in [0.29, 0.717) is 23.8 Å². The zero-order chi connectivity index (χ0) is 12.4. The third-order valence-corrected chi connectivity index (χ3v) is 2.45. The summed E-state index contributed by atoms with van der Waals surface area (Å²) in [6.45, 7) is 2.16. The minimum Gasteiger partial charge on any atom is -0.481 e. The molecule has 2 rings (SSSR count). The van der Waals surface area contributed by atoms with E-state index in [9.17, 15) is 4.79 Å². The van der Waals surface area contributed by atoms with Crippen molar-refractivity contribution in [3.8, 4) is 0 Å². The quantitative estimate of drug-likeness (QED) is 0.840. The zero-order valence-electron chi connectivity index (χ0n) is 9.54. The van der Waals surface area contributed by atoms with Crippen LogP contribution in [0.4, 0.5) is 5.82 Å². The Kier molecular flexibility index (Phi) is 2.90. The van der Waals surface area contributed by atoms with Gasteiger partial charge in [0.05, 0.1) is 12.1 Å². The van der Waals surface area contributed by atoms with Crippen LogP contribution in [-0.2, 0) is 4.79 Å². The molecule has 0 bridgehead atoms. The lowest BCUT2D eigenvalue weighted by molar-refractivity contribution is -0.136. The highest BCUT2D eigenvalue weighted by molar-refractivity contribution is 5.87. The van der Waals surface area contributed by atoms with Gasteiger partial charge in [-0.05, 0) is 6.92 Å². The average molecular weight is 236 g/mol. The summed E-state index contributed by atoms with van der Waals surface area (Å²) in [6.07, 6.45) is 1.42. The second-order valence-corrected chi connectivity index (χ2v) is 3.71. The Bertz CT molecular complexity index is 551. The van der Waals surface area contributed by atoms with E-state index < -0.39 is 5.97 Å². The lowest BCUT2D eigenvalue weighted by atomic mass is 10.3. The van der Waals surface area contributed by atoms with Crippen LogP contribution in [0.1, 0.15) is 12.1 Å². The smallest absolute Gasteiger partial charge is 0.305 e. The van der Waals surface area contributed by atoms with Crippen molar-refractivity contribution >= 4 is 22.9 Å². The van der Waals surface area contributed by atoms with Crippen LogP contribution >= 0.6 is 0 Å². The summed E-state index contributed by atoms with van der Waals surface area (Å²) in [7, 11) is 1.77. The van der Waals surface area contributed by atoms with E-state index in [1.807, 2.05) is 0 Å². The summed E-state index contributed by atoms with van der Waals surface area (Å²) in [5.41, 5.74) is 1.10. The van der Waals surface area contributed by atoms with Gasteiger partial charge in [-0.25, -0.2) is 4.98 Å². The SMILES string of the molecule is Cc1noc2ncnc(N(C)CCC(=O)O)c12. The Balaban J connectivity index is 2.34. The molecular weight excluding hydrogens is 224 g/mol. The number of aryl methyl sites for hydroxylation is 1. The first-order valence-corrected chi connectivity index (χ1v) is 5.09. The van der Waals surface area contributed by atoms with Crippen LogP contribution in [0.25, 0.3) is 11.1 Å². The third kappa shape index (κ3) is 2.17. The van der Waals surface area contributed by atoms with Crippen molar-refractivity contribution in [2.45, 2.75) is 13.3 Å². The van der Waals surface area contributed by atoms with Crippen molar-refractivity contribution in [1.29, 1.82) is 0 Å². The van der Waals surface area contributed by atoms with Gasteiger partial charge in [0.1, 0.15) is 17.5 Å². The molecule has 0 aliphatic rings. The van der Waals surface area contributed by atoms with Gasteiger partial charge in [-0.15, -0.1) is 0 Å². The summed E-state index contributed by atoms with van der Waals surface area (Å²) in [5.74, 6) is -0.209. The first-order valence-electron chi connectivity index (χ1n) is 5.09. The number of anilines is 1. The number of carboxylic acids is 1. The third-order valence-electron chi connectivity index (χ3n) is 2.45. The molecule has 0 spiro atoms. The molecule has 2 aromatic rings. The van der Waals surface area contributed by atoms with Crippen molar-refractivity contribution in [2.75, 3.05) is 18.5 Å². The second kappa shape index (κ2) is 4.36. The Hall–Kier alpha value is -2.18. The van der Waals surface area contributed by atoms with E-state index in [1.165, 1.54) is 6.33 Å². The maximum absolute atomic E-state index is 10.5. The predicted molar refractivity (Wildman–Crippen MR) is 59.9 cm³/mol. The highest BCUT2D eigenvalue weighted by Gasteiger charge is 2.15. The fourth-order valence-electron chi connectivity index (χ4n) is 1.56. The van der Waals surface area contributed by atoms with Gasteiger partial charge in [0.15, 0.2) is 0 Å². The summed E-state index contributed by atoms with van der Waals surface area (Å²) in [6, 6.07) is 0. The van der Waals surface area contributed by atoms with Gasteiger partial charge in [0.2, 0.25) is 0 Å². The average Bonchev–Trinajstić information content (AvgIpc) is 2.68. The van der Waals surface area contributed by atoms with E-state index in [-0.39, 0.29) is 6.42 Å². The summed E-state index contributed by atoms with van der Waals surface area (Å²) in [4.78, 5) is 20.4. The number of nitrogens with zero attached hydrogens (tertiary/aromatic N) is 4. The van der Waals surface area contributed by atoms with Crippen molar-refractivity contribution in [3.05, 3.63) is 12.0 Å². The van der Waals surface area contributed by atoms with Gasteiger partial charge in [-0.2, -0.15) is 4.98 Å². The Morgan fingerprint density at radius 2 is 2.29 bits per heavy atom. The molecule has 0 unspecified atom stereocenters. The number of rotatable bonds is 4. The molecule has 7 nitrogen and oxygen atoms in total. The number of carbonyl (C=O) groups is 1. The van der Waals surface area contributed by atoms with Crippen molar-refractivity contribution in [1.82, 2.24) is 15.1 Å². The van der Waals surface area contributed by atoms with Crippen LogP contribution in [0.3, 0.4) is 0 Å². The van der Waals surface area contributed by atoms with Gasteiger partial charge in [-0.1, -0.05) is 5.16 Å². The lowest BCUT2D eigenvalue weighted by Crippen LogP contribution is -2.22. The molecule has 1 N–H and O–H groups in total. The minimum atomic E-state index is -0.843. The number of hydrogen-bond donors (Lipinski definition) is 1. The predicted octanol–water partition coefficient (Wildman–Crippen LogP) is 0.837. The Morgan fingerprint density at radius 3 is 3.00 bits per heavy atom. The summed E-state index contributed by atoms with van der Waals surface area (Å²) < 4.78 is 5.02. The van der Waals surface area contributed by atoms with Crippen LogP contribution in [0, 0.1) is 6.92 Å². The topological polar surface area (TPSA) is 92.4 Å². The fourth-order valence-corrected chi connectivity index (χ4v) is 1.56. The van der Waals surface area contributed by atoms with E-state index >= 15 is 0 Å². The fraction of sp³-hybridized carbons (Fsp3) is 0.400. The van der Waals surface area contributed by atoms with E-state index in [1.54, 1.807) is 18.9 Å². The molecule has 90 valence electrons. The van der Waals surface area contributed by atoms with Crippen LogP contribution in [-0.4, -0.2) is 39.8 Å². The largest absolute Gasteiger partial charge is 0.481 e. The minimum absolute atomic E-state index is 0.0479. The second-order valence-electron chi connectivity index (χ2n) is 3.71. The molecule has 2 heterocycles. The van der Waals surface area contributed by atoms with E-state index in [2.05, 4.69) is 15.1 Å². The molecular formula is C10H12N4O3. The van der Waals surface area contributed by atoms with E-state index in [4.69, 9.17) is 9.63 Å². The van der Waals surface area contributed by atoms with Gasteiger partial charge in [-0.3, -0.25) is 4.79 Å². The van der Waals surface area contributed by atoms with Gasteiger partial charge in [0, 0.05) is 13.6 Å². The van der Waals surface area contributed by atoms with Gasteiger partial charge in [0.25, 0.3) is 5.71 Å². The van der Waals surface area contributed by atoms with E-state index in [0.717, 1.165) is 5.39 Å². The van der Waals surface area contributed by atoms with Crippen molar-refractivity contribution < 1.29 is 14.4 Å². The van der Waals surface area contributed by atoms with Gasteiger partial charge < -0.3 is 14.5 Å². The van der Waals surface area contributed by atoms with Crippen LogP contribution in [0.5, 0.6) is 0 Å². The molecule has 0 aromatic carbocycles. The molecule has 0 saturated heterocycles. The monoisotopic (exact) mass is 236 g/mol. The zero-order valence-corrected chi connectivity index (χ0v) is 9.54. The number of fused-ring (bicyclic) bond motifs is 1. The molecule has 0 saturated carbocycles. The molecule has 0 atom stereocenters. The lowest BCUT2D eigenvalue weighted by Gasteiger charge is -2.17. The summed E-state index contributed by atoms with van der Waals surface area (Å²) in [5, 5.41) is 13.2. The number of aromatic nitrogens is 3. The Labute approximate surface area is 97.1 Å². The standard InChI is InChI=1S/C10H12N4O3/c1-6-8-9(14(2)4-3-7(15)16)11-5-12-10(8)17-13-6/h5H,3-4H2,1-2H3,(H,15,16). The molecule has 17 heavy (non-hydrogen) atoms. The van der Waals surface area contributed by atoms with Crippen LogP contribution < -0.4 is 4.90 Å². The number of hydrogen-bond acceptors (Lipinski definition) is 6. The molecule has 0 aliphatic carbocycles. The normalized spacial score (nSPS) is 10.7. The van der Waals surface area contributed by atoms with Crippen LogP contribution in [0.15, 0.2) is 10.9 Å². The van der Waals surface area contributed by atoms with Crippen LogP contribution in [0.2, 0.25) is 0 Å². The molecule has 0 amide bonds. The summed E-state index contributed by atoms with van der Waals surface area (Å²) >= 11 is 0. The highest BCUT2D eigenvalue weighted by atomic mass is 16.5.